The molecule has 45 heavy (non-hydrogen) atoms. The quantitative estimate of drug-likeness (QED) is 0.324. The van der Waals surface area contributed by atoms with Crippen LogP contribution < -0.4 is 24.3 Å². The molecule has 4 aromatic rings. The Morgan fingerprint density at radius 1 is 1.00 bits per heavy atom. The highest BCUT2D eigenvalue weighted by atomic mass is 16.5. The smallest absolute Gasteiger partial charge is 0.271 e. The van der Waals surface area contributed by atoms with E-state index in [-0.39, 0.29) is 11.8 Å². The molecule has 230 valence electrons. The number of nitrogens with one attached hydrogen (secondary N) is 2. The van der Waals surface area contributed by atoms with E-state index in [1.807, 2.05) is 54.6 Å². The average molecular weight is 607 g/mol. The van der Waals surface area contributed by atoms with Gasteiger partial charge in [-0.15, -0.1) is 0 Å². The zero-order valence-corrected chi connectivity index (χ0v) is 25.2. The number of amides is 2. The fourth-order valence-corrected chi connectivity index (χ4v) is 5.88. The second-order valence-corrected chi connectivity index (χ2v) is 11.0. The molecule has 10 nitrogen and oxygen atoms in total. The van der Waals surface area contributed by atoms with Gasteiger partial charge >= 0.3 is 0 Å². The summed E-state index contributed by atoms with van der Waals surface area (Å²) in [5.41, 5.74) is 4.44. The molecule has 0 fully saturated rings. The van der Waals surface area contributed by atoms with Crippen LogP contribution in [0.4, 0.5) is 0 Å². The maximum absolute atomic E-state index is 14.0. The minimum absolute atomic E-state index is 0.0316. The topological polar surface area (TPSA) is 126 Å². The Labute approximate surface area is 261 Å². The highest BCUT2D eigenvalue weighted by Gasteiger charge is 2.35. The molecule has 3 aliphatic rings. The molecule has 2 N–H and O–H groups in total. The normalized spacial score (nSPS) is 16.4. The van der Waals surface area contributed by atoms with Crippen molar-refractivity contribution in [3.8, 4) is 34.8 Å². The number of nitriles is 1. The molecular weight excluding hydrogens is 572 g/mol. The summed E-state index contributed by atoms with van der Waals surface area (Å²) in [6.07, 6.45) is 3.65. The van der Waals surface area contributed by atoms with Crippen LogP contribution in [0.1, 0.15) is 57.2 Å². The molecule has 0 radical (unpaired) electrons. The number of methoxy groups -OCH3 is 2. The number of hydrogen-bond acceptors (Lipinski definition) is 7. The standard InChI is InChI=1S/C35H34N4O6/c1-42-29-9-8-25-18-31(29)44-14-4-12-37-33(40)10-7-22-5-3-6-26(15-22)45-32-17-24-11-13-39(34(25)27(24)19-30(32)43-2)35(41)28-16-23(20-36)21-38-28/h3,5-6,8-9,15-19,21,34,38H,4,7,10-14H2,1-2H3,(H,37,40). The summed E-state index contributed by atoms with van der Waals surface area (Å²) in [4.78, 5) is 31.2. The summed E-state index contributed by atoms with van der Waals surface area (Å²) >= 11 is 0. The third kappa shape index (κ3) is 6.29. The van der Waals surface area contributed by atoms with Crippen LogP contribution in [-0.2, 0) is 17.6 Å². The van der Waals surface area contributed by atoms with E-state index in [2.05, 4.69) is 16.4 Å². The van der Waals surface area contributed by atoms with Crippen LogP contribution in [-0.4, -0.2) is 55.6 Å². The second kappa shape index (κ2) is 13.1. The minimum Gasteiger partial charge on any atom is -0.493 e. The maximum Gasteiger partial charge on any atom is 0.271 e. The Balaban J connectivity index is 1.47. The first kappa shape index (κ1) is 29.6. The highest BCUT2D eigenvalue weighted by Crippen LogP contribution is 2.44. The largest absolute Gasteiger partial charge is 0.493 e. The van der Waals surface area contributed by atoms with Crippen molar-refractivity contribution in [1.29, 1.82) is 5.26 Å². The van der Waals surface area contributed by atoms with Crippen molar-refractivity contribution in [2.45, 2.75) is 31.7 Å². The molecule has 0 spiro atoms. The number of aryl methyl sites for hydroxylation is 1. The van der Waals surface area contributed by atoms with Crippen molar-refractivity contribution in [3.63, 3.8) is 0 Å². The van der Waals surface area contributed by atoms with E-state index in [0.29, 0.717) is 85.4 Å². The third-order valence-corrected chi connectivity index (χ3v) is 8.13. The van der Waals surface area contributed by atoms with E-state index >= 15 is 0 Å². The van der Waals surface area contributed by atoms with Gasteiger partial charge in [0.25, 0.3) is 5.91 Å². The molecule has 0 saturated carbocycles. The second-order valence-electron chi connectivity index (χ2n) is 11.0. The van der Waals surface area contributed by atoms with Crippen LogP contribution >= 0.6 is 0 Å². The van der Waals surface area contributed by atoms with Gasteiger partial charge in [0.2, 0.25) is 5.91 Å². The van der Waals surface area contributed by atoms with E-state index in [9.17, 15) is 14.9 Å². The number of nitrogens with zero attached hydrogens (tertiary/aromatic N) is 2. The molecule has 1 aromatic heterocycles. The molecule has 10 heteroatoms. The first-order valence-electron chi connectivity index (χ1n) is 14.9. The van der Waals surface area contributed by atoms with E-state index in [0.717, 1.165) is 22.3 Å². The van der Waals surface area contributed by atoms with Gasteiger partial charge in [0.05, 0.1) is 32.4 Å². The van der Waals surface area contributed by atoms with Crippen molar-refractivity contribution in [2.75, 3.05) is 33.9 Å². The van der Waals surface area contributed by atoms with Crippen molar-refractivity contribution >= 4 is 11.8 Å². The van der Waals surface area contributed by atoms with E-state index in [1.54, 1.807) is 25.2 Å². The molecular formula is C35H34N4O6. The number of rotatable bonds is 3. The molecule has 7 rings (SSSR count). The summed E-state index contributed by atoms with van der Waals surface area (Å²) in [6.45, 7) is 1.27. The number of carbonyl (C=O) groups is 2. The summed E-state index contributed by atoms with van der Waals surface area (Å²) < 4.78 is 24.0. The number of benzene rings is 3. The van der Waals surface area contributed by atoms with E-state index < -0.39 is 6.04 Å². The van der Waals surface area contributed by atoms with E-state index in [4.69, 9.17) is 18.9 Å². The molecule has 3 aromatic carbocycles. The monoisotopic (exact) mass is 606 g/mol. The summed E-state index contributed by atoms with van der Waals surface area (Å²) in [5.74, 6) is 2.55. The number of carbonyl (C=O) groups excluding carboxylic acids is 2. The van der Waals surface area contributed by atoms with Gasteiger partial charge in [-0.05, 0) is 84.0 Å². The highest BCUT2D eigenvalue weighted by molar-refractivity contribution is 5.93. The lowest BCUT2D eigenvalue weighted by Crippen LogP contribution is -2.40. The fourth-order valence-electron chi connectivity index (χ4n) is 5.88. The summed E-state index contributed by atoms with van der Waals surface area (Å²) in [7, 11) is 3.17. The molecule has 0 saturated heterocycles. The number of hydrogen-bond donors (Lipinski definition) is 2. The molecule has 3 aliphatic heterocycles. The van der Waals surface area contributed by atoms with Crippen LogP contribution in [0.5, 0.6) is 28.7 Å². The Hall–Kier alpha value is -5.43. The SMILES string of the molecule is COc1ccc2cc1OCCCNC(=O)CCc1cccc(c1)Oc1cc3c(cc1OC)C2N(C(=O)c1cc(C#N)c[nH]1)CC3. The molecule has 4 heterocycles. The van der Waals surface area contributed by atoms with Crippen LogP contribution in [0.25, 0.3) is 0 Å². The van der Waals surface area contributed by atoms with Crippen LogP contribution in [0.3, 0.4) is 0 Å². The fraction of sp³-hybridized carbons (Fsp3) is 0.286. The average Bonchev–Trinajstić information content (AvgIpc) is 3.55. The Morgan fingerprint density at radius 3 is 2.67 bits per heavy atom. The molecule has 8 bridgehead atoms. The van der Waals surface area contributed by atoms with Gasteiger partial charge in [-0.2, -0.15) is 5.26 Å². The first-order chi connectivity index (χ1) is 22.0. The van der Waals surface area contributed by atoms with Crippen LogP contribution in [0.2, 0.25) is 0 Å². The lowest BCUT2D eigenvalue weighted by atomic mass is 9.87. The van der Waals surface area contributed by atoms with Gasteiger partial charge in [0.1, 0.15) is 17.5 Å². The van der Waals surface area contributed by atoms with Crippen molar-refractivity contribution in [2.24, 2.45) is 0 Å². The maximum atomic E-state index is 14.0. The van der Waals surface area contributed by atoms with Crippen molar-refractivity contribution in [1.82, 2.24) is 15.2 Å². The summed E-state index contributed by atoms with van der Waals surface area (Å²) in [5, 5.41) is 12.3. The van der Waals surface area contributed by atoms with Crippen molar-refractivity contribution < 1.29 is 28.5 Å². The van der Waals surface area contributed by atoms with Gasteiger partial charge in [-0.1, -0.05) is 18.2 Å². The summed E-state index contributed by atoms with van der Waals surface area (Å²) in [6, 6.07) is 20.4. The van der Waals surface area contributed by atoms with Crippen LogP contribution in [0, 0.1) is 11.3 Å². The Bertz CT molecular complexity index is 1770. The zero-order chi connectivity index (χ0) is 31.3. The van der Waals surface area contributed by atoms with Gasteiger partial charge < -0.3 is 34.1 Å². The first-order valence-corrected chi connectivity index (χ1v) is 14.9. The molecule has 2 amide bonds. The molecule has 1 atom stereocenters. The molecule has 1 unspecified atom stereocenters. The number of aromatic amines is 1. The predicted octanol–water partition coefficient (Wildman–Crippen LogP) is 5.32. The van der Waals surface area contributed by atoms with Gasteiger partial charge in [0, 0.05) is 25.7 Å². The Morgan fingerprint density at radius 2 is 1.87 bits per heavy atom. The van der Waals surface area contributed by atoms with Gasteiger partial charge in [-0.25, -0.2) is 0 Å². The Kier molecular flexibility index (Phi) is 8.60. The van der Waals surface area contributed by atoms with Gasteiger partial charge in [0.15, 0.2) is 23.0 Å². The zero-order valence-electron chi connectivity index (χ0n) is 25.2. The number of ether oxygens (including phenoxy) is 4. The lowest BCUT2D eigenvalue weighted by molar-refractivity contribution is -0.121. The minimum atomic E-state index is -0.500. The lowest BCUT2D eigenvalue weighted by Gasteiger charge is -2.38. The van der Waals surface area contributed by atoms with Crippen molar-refractivity contribution in [3.05, 3.63) is 100 Å². The predicted molar refractivity (Wildman–Crippen MR) is 166 cm³/mol. The van der Waals surface area contributed by atoms with Gasteiger partial charge in [-0.3, -0.25) is 9.59 Å². The number of fused-ring (bicyclic) bond motifs is 8. The van der Waals surface area contributed by atoms with Crippen LogP contribution in [0.15, 0.2) is 66.9 Å². The molecule has 0 aliphatic carbocycles. The number of aromatic nitrogens is 1. The van der Waals surface area contributed by atoms with E-state index in [1.165, 1.54) is 6.20 Å². The third-order valence-electron chi connectivity index (χ3n) is 8.13. The number of H-pyrrole nitrogens is 1.